The number of hydrogen-bond acceptors (Lipinski definition) is 5. The summed E-state index contributed by atoms with van der Waals surface area (Å²) in [5.41, 5.74) is 1.08. The van der Waals surface area contributed by atoms with Gasteiger partial charge in [-0.2, -0.15) is 0 Å². The third-order valence-corrected chi connectivity index (χ3v) is 3.79. The lowest BCUT2D eigenvalue weighted by Gasteiger charge is -2.19. The molecular formula is C17H19ClO5. The lowest BCUT2D eigenvalue weighted by atomic mass is 9.87. The summed E-state index contributed by atoms with van der Waals surface area (Å²) < 4.78 is 15.8. The van der Waals surface area contributed by atoms with E-state index in [-0.39, 0.29) is 13.2 Å². The lowest BCUT2D eigenvalue weighted by molar-refractivity contribution is -0.153. The first-order valence-electron chi connectivity index (χ1n) is 7.46. The summed E-state index contributed by atoms with van der Waals surface area (Å²) in [5, 5.41) is 0.568. The highest BCUT2D eigenvalue weighted by Crippen LogP contribution is 2.40. The van der Waals surface area contributed by atoms with Crippen molar-refractivity contribution in [2.24, 2.45) is 0 Å². The maximum Gasteiger partial charge on any atom is 0.348 e. The molecule has 5 nitrogen and oxygen atoms in total. The third kappa shape index (κ3) is 3.67. The van der Waals surface area contributed by atoms with Gasteiger partial charge in [-0.25, -0.2) is 9.59 Å². The Morgan fingerprint density at radius 2 is 1.74 bits per heavy atom. The van der Waals surface area contributed by atoms with Gasteiger partial charge in [-0.15, -0.1) is 0 Å². The Labute approximate surface area is 140 Å². The predicted octanol–water partition coefficient (Wildman–Crippen LogP) is 3.22. The summed E-state index contributed by atoms with van der Waals surface area (Å²) in [6, 6.07) is 6.94. The van der Waals surface area contributed by atoms with Crippen molar-refractivity contribution in [2.45, 2.75) is 32.8 Å². The summed E-state index contributed by atoms with van der Waals surface area (Å²) in [7, 11) is 0. The van der Waals surface area contributed by atoms with Gasteiger partial charge in [0, 0.05) is 5.02 Å². The van der Waals surface area contributed by atoms with Crippen LogP contribution in [0.1, 0.15) is 32.3 Å². The van der Waals surface area contributed by atoms with Crippen molar-refractivity contribution in [1.82, 2.24) is 0 Å². The quantitative estimate of drug-likeness (QED) is 0.771. The molecule has 0 aliphatic carbocycles. The van der Waals surface area contributed by atoms with Gasteiger partial charge in [0.1, 0.15) is 5.76 Å². The summed E-state index contributed by atoms with van der Waals surface area (Å²) in [6.45, 7) is 5.57. The van der Waals surface area contributed by atoms with Crippen LogP contribution in [0.5, 0.6) is 0 Å². The van der Waals surface area contributed by atoms with Crippen LogP contribution in [-0.4, -0.2) is 31.3 Å². The molecule has 23 heavy (non-hydrogen) atoms. The molecule has 124 valence electrons. The molecule has 0 fully saturated rings. The van der Waals surface area contributed by atoms with E-state index in [0.717, 1.165) is 5.56 Å². The van der Waals surface area contributed by atoms with E-state index in [2.05, 4.69) is 0 Å². The zero-order valence-electron chi connectivity index (χ0n) is 13.3. The molecule has 2 atom stereocenters. The van der Waals surface area contributed by atoms with Crippen molar-refractivity contribution in [3.63, 3.8) is 0 Å². The molecule has 0 N–H and O–H groups in total. The first-order chi connectivity index (χ1) is 11.0. The van der Waals surface area contributed by atoms with Crippen molar-refractivity contribution < 1.29 is 23.8 Å². The zero-order valence-corrected chi connectivity index (χ0v) is 14.1. The molecule has 0 saturated heterocycles. The van der Waals surface area contributed by atoms with Crippen LogP contribution in [0.3, 0.4) is 0 Å². The molecule has 0 bridgehead atoms. The van der Waals surface area contributed by atoms with E-state index in [1.807, 2.05) is 0 Å². The number of hydrogen-bond donors (Lipinski definition) is 0. The van der Waals surface area contributed by atoms with E-state index in [0.29, 0.717) is 16.4 Å². The molecule has 0 aromatic heterocycles. The van der Waals surface area contributed by atoms with Gasteiger partial charge in [-0.3, -0.25) is 0 Å². The normalized spacial score (nSPS) is 20.2. The Kier molecular flexibility index (Phi) is 5.66. The fraction of sp³-hybridized carbons (Fsp3) is 0.412. The number of halogens is 1. The molecule has 0 amide bonds. The number of carbonyl (C=O) groups is 2. The summed E-state index contributed by atoms with van der Waals surface area (Å²) in [6.07, 6.45) is -0.907. The predicted molar refractivity (Wildman–Crippen MR) is 85.0 cm³/mol. The number of esters is 2. The first-order valence-corrected chi connectivity index (χ1v) is 7.84. The highest BCUT2D eigenvalue weighted by atomic mass is 35.5. The van der Waals surface area contributed by atoms with Gasteiger partial charge in [0.2, 0.25) is 6.10 Å². The van der Waals surface area contributed by atoms with Crippen LogP contribution in [0, 0.1) is 0 Å². The number of ether oxygens (including phenoxy) is 3. The Morgan fingerprint density at radius 1 is 1.13 bits per heavy atom. The second-order valence-electron chi connectivity index (χ2n) is 5.01. The van der Waals surface area contributed by atoms with E-state index < -0.39 is 24.0 Å². The molecule has 1 aromatic rings. The Bertz CT molecular complexity index is 620. The van der Waals surface area contributed by atoms with Gasteiger partial charge in [0.05, 0.1) is 24.7 Å². The van der Waals surface area contributed by atoms with Crippen LogP contribution in [0.4, 0.5) is 0 Å². The molecule has 0 radical (unpaired) electrons. The molecule has 1 aliphatic rings. The summed E-state index contributed by atoms with van der Waals surface area (Å²) in [4.78, 5) is 24.5. The lowest BCUT2D eigenvalue weighted by Crippen LogP contribution is -2.30. The van der Waals surface area contributed by atoms with Crippen LogP contribution in [0.25, 0.3) is 0 Å². The highest BCUT2D eigenvalue weighted by molar-refractivity contribution is 6.30. The molecule has 0 spiro atoms. The van der Waals surface area contributed by atoms with Crippen molar-refractivity contribution in [3.8, 4) is 0 Å². The number of allylic oxidation sites excluding steroid dienone is 1. The second-order valence-corrected chi connectivity index (χ2v) is 5.45. The topological polar surface area (TPSA) is 61.8 Å². The maximum absolute atomic E-state index is 12.3. The number of rotatable bonds is 5. The Balaban J connectivity index is 2.43. The number of carbonyl (C=O) groups excluding carboxylic acids is 2. The van der Waals surface area contributed by atoms with E-state index in [4.69, 9.17) is 25.8 Å². The van der Waals surface area contributed by atoms with Crippen LogP contribution in [0.15, 0.2) is 35.6 Å². The maximum atomic E-state index is 12.3. The Morgan fingerprint density at radius 3 is 2.30 bits per heavy atom. The molecule has 1 aromatic carbocycles. The van der Waals surface area contributed by atoms with Gasteiger partial charge in [-0.05, 0) is 38.5 Å². The average molecular weight is 339 g/mol. The molecule has 1 aliphatic heterocycles. The van der Waals surface area contributed by atoms with Crippen LogP contribution >= 0.6 is 11.6 Å². The SMILES string of the molecule is CCOC(=O)C1=C(C)O[C@H](C(=O)OCC)[C@H]1c1ccc(Cl)cc1. The minimum absolute atomic E-state index is 0.236. The van der Waals surface area contributed by atoms with E-state index in [1.165, 1.54) is 0 Å². The second kappa shape index (κ2) is 7.51. The summed E-state index contributed by atoms with van der Waals surface area (Å²) >= 11 is 5.92. The molecule has 1 heterocycles. The number of benzene rings is 1. The molecule has 2 rings (SSSR count). The monoisotopic (exact) mass is 338 g/mol. The average Bonchev–Trinajstić information content (AvgIpc) is 2.86. The van der Waals surface area contributed by atoms with Crippen LogP contribution < -0.4 is 0 Å². The smallest absolute Gasteiger partial charge is 0.348 e. The largest absolute Gasteiger partial charge is 0.482 e. The van der Waals surface area contributed by atoms with Gasteiger partial charge in [0.25, 0.3) is 0 Å². The van der Waals surface area contributed by atoms with Crippen molar-refractivity contribution in [1.29, 1.82) is 0 Å². The summed E-state index contributed by atoms with van der Waals surface area (Å²) in [5.74, 6) is -1.20. The Hall–Kier alpha value is -2.01. The molecule has 0 saturated carbocycles. The molecular weight excluding hydrogens is 320 g/mol. The van der Waals surface area contributed by atoms with Crippen LogP contribution in [-0.2, 0) is 23.8 Å². The standard InChI is InChI=1S/C17H19ClO5/c1-4-21-16(19)13-10(3)23-15(17(20)22-5-2)14(13)11-6-8-12(18)9-7-11/h6-9,14-15H,4-5H2,1-3H3/t14-,15-/m0/s1. The van der Waals surface area contributed by atoms with Gasteiger partial charge < -0.3 is 14.2 Å². The minimum atomic E-state index is -0.907. The van der Waals surface area contributed by atoms with Crippen molar-refractivity contribution in [2.75, 3.05) is 13.2 Å². The van der Waals surface area contributed by atoms with Gasteiger partial charge in [0.15, 0.2) is 0 Å². The fourth-order valence-electron chi connectivity index (χ4n) is 2.59. The van der Waals surface area contributed by atoms with Gasteiger partial charge in [-0.1, -0.05) is 23.7 Å². The zero-order chi connectivity index (χ0) is 17.0. The highest BCUT2D eigenvalue weighted by Gasteiger charge is 2.45. The van der Waals surface area contributed by atoms with E-state index in [9.17, 15) is 9.59 Å². The van der Waals surface area contributed by atoms with E-state index >= 15 is 0 Å². The third-order valence-electron chi connectivity index (χ3n) is 3.54. The fourth-order valence-corrected chi connectivity index (χ4v) is 2.72. The molecule has 6 heteroatoms. The van der Waals surface area contributed by atoms with Crippen molar-refractivity contribution >= 4 is 23.5 Å². The van der Waals surface area contributed by atoms with E-state index in [1.54, 1.807) is 45.0 Å². The first kappa shape index (κ1) is 17.3. The molecule has 0 unspecified atom stereocenters. The van der Waals surface area contributed by atoms with Gasteiger partial charge >= 0.3 is 11.9 Å². The van der Waals surface area contributed by atoms with Crippen molar-refractivity contribution in [3.05, 3.63) is 46.2 Å². The van der Waals surface area contributed by atoms with Crippen LogP contribution in [0.2, 0.25) is 5.02 Å². The minimum Gasteiger partial charge on any atom is -0.482 e.